The van der Waals surface area contributed by atoms with Gasteiger partial charge in [0.05, 0.1) is 12.1 Å². The zero-order valence-corrected chi connectivity index (χ0v) is 16.8. The molecule has 0 radical (unpaired) electrons. The van der Waals surface area contributed by atoms with Crippen molar-refractivity contribution in [1.82, 2.24) is 14.7 Å². The van der Waals surface area contributed by atoms with Gasteiger partial charge in [0.2, 0.25) is 5.91 Å². The normalized spacial score (nSPS) is 14.7. The van der Waals surface area contributed by atoms with Crippen molar-refractivity contribution in [3.63, 3.8) is 0 Å². The first-order valence-corrected chi connectivity index (χ1v) is 9.66. The monoisotopic (exact) mass is 421 g/mol. The first kappa shape index (κ1) is 21.2. The fourth-order valence-corrected chi connectivity index (χ4v) is 3.38. The van der Waals surface area contributed by atoms with E-state index in [1.54, 1.807) is 29.0 Å². The molecule has 0 aliphatic carbocycles. The van der Waals surface area contributed by atoms with Gasteiger partial charge in [0.25, 0.3) is 5.91 Å². The summed E-state index contributed by atoms with van der Waals surface area (Å²) in [5.74, 6) is -1.37. The maximum absolute atomic E-state index is 13.9. The Balaban J connectivity index is 1.50. The van der Waals surface area contributed by atoms with E-state index in [-0.39, 0.29) is 23.8 Å². The first-order chi connectivity index (χ1) is 13.8. The highest BCUT2D eigenvalue weighted by Gasteiger charge is 2.25. The Bertz CT molecular complexity index is 884. The highest BCUT2D eigenvalue weighted by Crippen LogP contribution is 2.18. The minimum absolute atomic E-state index is 0.0407. The van der Waals surface area contributed by atoms with E-state index in [1.165, 1.54) is 30.3 Å². The standard InChI is InChI=1S/C21H22ClF2N3O2/c1-25(13-15-2-5-17(23)6-3-15)20(28)14-26-8-10-27(11-9-26)21(29)18-12-16(22)4-7-19(18)24/h2-7,12H,8-11,13-14H2,1H3. The Morgan fingerprint density at radius 1 is 1.03 bits per heavy atom. The maximum atomic E-state index is 13.9. The molecule has 0 aromatic heterocycles. The molecule has 5 nitrogen and oxygen atoms in total. The van der Waals surface area contributed by atoms with Gasteiger partial charge < -0.3 is 9.80 Å². The molecule has 0 saturated carbocycles. The highest BCUT2D eigenvalue weighted by atomic mass is 35.5. The van der Waals surface area contributed by atoms with Crippen molar-refractivity contribution in [2.45, 2.75) is 6.54 Å². The molecule has 1 heterocycles. The third kappa shape index (κ3) is 5.52. The third-order valence-electron chi connectivity index (χ3n) is 4.94. The van der Waals surface area contributed by atoms with Gasteiger partial charge in [0.1, 0.15) is 11.6 Å². The molecule has 0 spiro atoms. The van der Waals surface area contributed by atoms with E-state index in [0.29, 0.717) is 37.7 Å². The Labute approximate surface area is 173 Å². The lowest BCUT2D eigenvalue weighted by molar-refractivity contribution is -0.132. The molecule has 1 aliphatic rings. The molecule has 1 fully saturated rings. The summed E-state index contributed by atoms with van der Waals surface area (Å²) in [5, 5.41) is 0.308. The molecule has 3 rings (SSSR count). The fraction of sp³-hybridized carbons (Fsp3) is 0.333. The lowest BCUT2D eigenvalue weighted by Gasteiger charge is -2.35. The average Bonchev–Trinajstić information content (AvgIpc) is 2.71. The van der Waals surface area contributed by atoms with E-state index in [2.05, 4.69) is 0 Å². The number of amides is 2. The van der Waals surface area contributed by atoms with Gasteiger partial charge in [-0.05, 0) is 35.9 Å². The number of hydrogen-bond donors (Lipinski definition) is 0. The van der Waals surface area contributed by atoms with Crippen molar-refractivity contribution in [1.29, 1.82) is 0 Å². The molecular formula is C21H22ClF2N3O2. The smallest absolute Gasteiger partial charge is 0.256 e. The van der Waals surface area contributed by atoms with Gasteiger partial charge in [0, 0.05) is 44.8 Å². The number of piperazine rings is 1. The Morgan fingerprint density at radius 2 is 1.69 bits per heavy atom. The van der Waals surface area contributed by atoms with Crippen molar-refractivity contribution in [2.24, 2.45) is 0 Å². The second-order valence-electron chi connectivity index (χ2n) is 7.07. The molecule has 29 heavy (non-hydrogen) atoms. The summed E-state index contributed by atoms with van der Waals surface area (Å²) in [5.41, 5.74) is 0.808. The summed E-state index contributed by atoms with van der Waals surface area (Å²) in [6.07, 6.45) is 0. The number of likely N-dealkylation sites (N-methyl/N-ethyl adjacent to an activating group) is 1. The van der Waals surface area contributed by atoms with Crippen LogP contribution in [0.1, 0.15) is 15.9 Å². The molecule has 8 heteroatoms. The van der Waals surface area contributed by atoms with E-state index in [1.807, 2.05) is 4.90 Å². The van der Waals surface area contributed by atoms with E-state index in [0.717, 1.165) is 5.56 Å². The van der Waals surface area contributed by atoms with Crippen molar-refractivity contribution in [2.75, 3.05) is 39.8 Å². The lowest BCUT2D eigenvalue weighted by Crippen LogP contribution is -2.51. The molecule has 0 unspecified atom stereocenters. The number of carbonyl (C=O) groups is 2. The highest BCUT2D eigenvalue weighted by molar-refractivity contribution is 6.31. The van der Waals surface area contributed by atoms with Crippen LogP contribution in [0.2, 0.25) is 5.02 Å². The number of carbonyl (C=O) groups excluding carboxylic acids is 2. The molecule has 0 N–H and O–H groups in total. The summed E-state index contributed by atoms with van der Waals surface area (Å²) >= 11 is 5.87. The molecule has 2 aromatic carbocycles. The second kappa shape index (κ2) is 9.33. The SMILES string of the molecule is CN(Cc1ccc(F)cc1)C(=O)CN1CCN(C(=O)c2cc(Cl)ccc2F)CC1. The van der Waals surface area contributed by atoms with Gasteiger partial charge in [-0.25, -0.2) is 8.78 Å². The van der Waals surface area contributed by atoms with E-state index < -0.39 is 11.7 Å². The zero-order valence-electron chi connectivity index (χ0n) is 16.1. The predicted molar refractivity (Wildman–Crippen MR) is 107 cm³/mol. The van der Waals surface area contributed by atoms with Crippen LogP contribution in [0, 0.1) is 11.6 Å². The van der Waals surface area contributed by atoms with Crippen LogP contribution in [-0.4, -0.2) is 66.3 Å². The van der Waals surface area contributed by atoms with Crippen LogP contribution in [0.3, 0.4) is 0 Å². The summed E-state index contributed by atoms with van der Waals surface area (Å²) in [4.78, 5) is 30.1. The summed E-state index contributed by atoms with van der Waals surface area (Å²) in [6, 6.07) is 9.96. The van der Waals surface area contributed by atoms with E-state index in [9.17, 15) is 18.4 Å². The second-order valence-corrected chi connectivity index (χ2v) is 7.51. The van der Waals surface area contributed by atoms with Crippen LogP contribution >= 0.6 is 11.6 Å². The number of nitrogens with zero attached hydrogens (tertiary/aromatic N) is 3. The number of rotatable bonds is 5. The third-order valence-corrected chi connectivity index (χ3v) is 5.17. The van der Waals surface area contributed by atoms with Crippen molar-refractivity contribution in [3.8, 4) is 0 Å². The Hall–Kier alpha value is -2.51. The topological polar surface area (TPSA) is 43.9 Å². The molecule has 2 amide bonds. The van der Waals surface area contributed by atoms with Crippen molar-refractivity contribution in [3.05, 3.63) is 70.2 Å². The van der Waals surface area contributed by atoms with Crippen LogP contribution in [0.4, 0.5) is 8.78 Å². The molecular weight excluding hydrogens is 400 g/mol. The average molecular weight is 422 g/mol. The van der Waals surface area contributed by atoms with Gasteiger partial charge in [-0.2, -0.15) is 0 Å². The van der Waals surface area contributed by atoms with Gasteiger partial charge in [-0.1, -0.05) is 23.7 Å². The quantitative estimate of drug-likeness (QED) is 0.745. The minimum atomic E-state index is -0.598. The van der Waals surface area contributed by atoms with Crippen LogP contribution in [0.25, 0.3) is 0 Å². The van der Waals surface area contributed by atoms with Gasteiger partial charge in [-0.3, -0.25) is 14.5 Å². The number of hydrogen-bond acceptors (Lipinski definition) is 3. The first-order valence-electron chi connectivity index (χ1n) is 9.28. The van der Waals surface area contributed by atoms with Crippen LogP contribution in [0.5, 0.6) is 0 Å². The van der Waals surface area contributed by atoms with Crippen LogP contribution in [-0.2, 0) is 11.3 Å². The van der Waals surface area contributed by atoms with E-state index in [4.69, 9.17) is 11.6 Å². The lowest BCUT2D eigenvalue weighted by atomic mass is 10.1. The number of halogens is 3. The molecule has 154 valence electrons. The minimum Gasteiger partial charge on any atom is -0.340 e. The van der Waals surface area contributed by atoms with Crippen molar-refractivity contribution >= 4 is 23.4 Å². The molecule has 1 saturated heterocycles. The van der Waals surface area contributed by atoms with Gasteiger partial charge in [0.15, 0.2) is 0 Å². The largest absolute Gasteiger partial charge is 0.340 e. The summed E-state index contributed by atoms with van der Waals surface area (Å²) in [7, 11) is 1.70. The van der Waals surface area contributed by atoms with Gasteiger partial charge in [-0.15, -0.1) is 0 Å². The maximum Gasteiger partial charge on any atom is 0.256 e. The summed E-state index contributed by atoms with van der Waals surface area (Å²) < 4.78 is 26.9. The Morgan fingerprint density at radius 3 is 2.34 bits per heavy atom. The van der Waals surface area contributed by atoms with Crippen molar-refractivity contribution < 1.29 is 18.4 Å². The van der Waals surface area contributed by atoms with Crippen LogP contribution in [0.15, 0.2) is 42.5 Å². The molecule has 0 bridgehead atoms. The summed E-state index contributed by atoms with van der Waals surface area (Å²) in [6.45, 7) is 2.46. The molecule has 2 aromatic rings. The molecule has 0 atom stereocenters. The number of benzene rings is 2. The van der Waals surface area contributed by atoms with Gasteiger partial charge >= 0.3 is 0 Å². The fourth-order valence-electron chi connectivity index (χ4n) is 3.20. The Kier molecular flexibility index (Phi) is 6.82. The zero-order chi connectivity index (χ0) is 21.0. The predicted octanol–water partition coefficient (Wildman–Crippen LogP) is 3.03. The van der Waals surface area contributed by atoms with E-state index >= 15 is 0 Å². The van der Waals surface area contributed by atoms with Crippen LogP contribution < -0.4 is 0 Å². The molecule has 1 aliphatic heterocycles.